The van der Waals surface area contributed by atoms with Gasteiger partial charge in [-0.15, -0.1) is 21.5 Å². The fraction of sp³-hybridized carbons (Fsp3) is 0.150. The van der Waals surface area contributed by atoms with Gasteiger partial charge in [-0.2, -0.15) is 0 Å². The number of benzene rings is 2. The number of nitrogens with two attached hydrogens (primary N) is 1. The van der Waals surface area contributed by atoms with Crippen LogP contribution in [-0.2, 0) is 5.75 Å². The maximum Gasteiger partial charge on any atom is 0.210 e. The summed E-state index contributed by atoms with van der Waals surface area (Å²) >= 11 is 3.16. The van der Waals surface area contributed by atoms with Gasteiger partial charge in [0.15, 0.2) is 5.82 Å². The Balaban J connectivity index is 1.44. The molecule has 2 aromatic heterocycles. The lowest BCUT2D eigenvalue weighted by Gasteiger charge is -2.05. The van der Waals surface area contributed by atoms with Gasteiger partial charge in [-0.3, -0.25) is 0 Å². The Bertz CT molecular complexity index is 1040. The Morgan fingerprint density at radius 1 is 1.04 bits per heavy atom. The van der Waals surface area contributed by atoms with E-state index in [0.717, 1.165) is 27.6 Å². The summed E-state index contributed by atoms with van der Waals surface area (Å²) in [6, 6.07) is 17.8. The highest BCUT2D eigenvalue weighted by Crippen LogP contribution is 2.28. The molecule has 2 N–H and O–H groups in total. The summed E-state index contributed by atoms with van der Waals surface area (Å²) in [4.78, 5) is 4.70. The smallest absolute Gasteiger partial charge is 0.210 e. The third-order valence-corrected chi connectivity index (χ3v) is 5.93. The highest BCUT2D eigenvalue weighted by atomic mass is 32.2. The second kappa shape index (κ2) is 8.45. The quantitative estimate of drug-likeness (QED) is 0.358. The number of thioether (sulfide) groups is 1. The Morgan fingerprint density at radius 3 is 2.57 bits per heavy atom. The molecule has 0 bridgehead atoms. The van der Waals surface area contributed by atoms with Crippen molar-refractivity contribution in [3.8, 4) is 27.7 Å². The molecule has 0 aliphatic rings. The molecule has 28 heavy (non-hydrogen) atoms. The van der Waals surface area contributed by atoms with Crippen molar-refractivity contribution in [1.82, 2.24) is 19.9 Å². The summed E-state index contributed by atoms with van der Waals surface area (Å²) in [7, 11) is 0. The van der Waals surface area contributed by atoms with Crippen molar-refractivity contribution in [2.24, 2.45) is 0 Å². The van der Waals surface area contributed by atoms with E-state index in [9.17, 15) is 0 Å². The molecule has 8 heteroatoms. The van der Waals surface area contributed by atoms with Crippen LogP contribution in [0.2, 0.25) is 0 Å². The van der Waals surface area contributed by atoms with Crippen LogP contribution in [0.1, 0.15) is 12.6 Å². The maximum atomic E-state index is 6.21. The van der Waals surface area contributed by atoms with Crippen molar-refractivity contribution in [3.63, 3.8) is 0 Å². The fourth-order valence-electron chi connectivity index (χ4n) is 2.66. The number of thiazole rings is 1. The van der Waals surface area contributed by atoms with Crippen LogP contribution in [0.25, 0.3) is 22.0 Å². The Morgan fingerprint density at radius 2 is 1.82 bits per heavy atom. The molecule has 2 aromatic carbocycles. The van der Waals surface area contributed by atoms with E-state index < -0.39 is 0 Å². The lowest BCUT2D eigenvalue weighted by molar-refractivity contribution is 0.340. The molecule has 0 spiro atoms. The zero-order valence-corrected chi connectivity index (χ0v) is 16.9. The first-order valence-electron chi connectivity index (χ1n) is 8.81. The lowest BCUT2D eigenvalue weighted by atomic mass is 10.2. The van der Waals surface area contributed by atoms with Crippen molar-refractivity contribution in [3.05, 3.63) is 65.7 Å². The van der Waals surface area contributed by atoms with E-state index >= 15 is 0 Å². The summed E-state index contributed by atoms with van der Waals surface area (Å²) in [6.07, 6.45) is 0. The van der Waals surface area contributed by atoms with Crippen LogP contribution in [0.15, 0.2) is 65.1 Å². The summed E-state index contributed by atoms with van der Waals surface area (Å²) in [5, 5.41) is 12.2. The molecule has 0 saturated carbocycles. The second-order valence-corrected chi connectivity index (χ2v) is 7.73. The van der Waals surface area contributed by atoms with Gasteiger partial charge in [0.05, 0.1) is 12.3 Å². The zero-order valence-electron chi connectivity index (χ0n) is 15.3. The fourth-order valence-corrected chi connectivity index (χ4v) is 4.34. The molecule has 0 aliphatic heterocycles. The minimum Gasteiger partial charge on any atom is -0.494 e. The van der Waals surface area contributed by atoms with E-state index in [1.165, 1.54) is 16.4 Å². The Kier molecular flexibility index (Phi) is 5.59. The van der Waals surface area contributed by atoms with Crippen LogP contribution >= 0.6 is 23.1 Å². The summed E-state index contributed by atoms with van der Waals surface area (Å²) in [5.74, 6) is 8.34. The third-order valence-electron chi connectivity index (χ3n) is 4.01. The molecule has 0 atom stereocenters. The van der Waals surface area contributed by atoms with Gasteiger partial charge in [-0.25, -0.2) is 9.66 Å². The van der Waals surface area contributed by atoms with Gasteiger partial charge in [0.1, 0.15) is 10.8 Å². The van der Waals surface area contributed by atoms with E-state index in [2.05, 4.69) is 27.7 Å². The first-order valence-corrected chi connectivity index (χ1v) is 10.7. The standard InChI is InChI=1S/C20H19N5OS2/c1-2-26-17-10-8-14(9-11-17)18-23-24-20(25(18)21)28-13-16-12-27-19(22-16)15-6-4-3-5-7-15/h3-12H,2,13,21H2,1H3. The van der Waals surface area contributed by atoms with E-state index in [0.29, 0.717) is 23.3 Å². The van der Waals surface area contributed by atoms with Gasteiger partial charge in [0.25, 0.3) is 0 Å². The number of aromatic nitrogens is 4. The molecule has 6 nitrogen and oxygen atoms in total. The first kappa shape index (κ1) is 18.5. The van der Waals surface area contributed by atoms with Crippen LogP contribution in [-0.4, -0.2) is 26.5 Å². The van der Waals surface area contributed by atoms with E-state index in [1.54, 1.807) is 11.3 Å². The highest BCUT2D eigenvalue weighted by molar-refractivity contribution is 7.98. The van der Waals surface area contributed by atoms with Crippen LogP contribution < -0.4 is 10.6 Å². The zero-order chi connectivity index (χ0) is 19.3. The molecule has 2 heterocycles. The molecule has 0 saturated heterocycles. The minimum absolute atomic E-state index is 0.619. The molecule has 0 aliphatic carbocycles. The van der Waals surface area contributed by atoms with E-state index in [-0.39, 0.29) is 0 Å². The number of nitrogen functional groups attached to an aromatic ring is 1. The van der Waals surface area contributed by atoms with Gasteiger partial charge in [0, 0.05) is 22.3 Å². The second-order valence-electron chi connectivity index (χ2n) is 5.93. The number of ether oxygens (including phenoxy) is 1. The molecule has 0 fully saturated rings. The average Bonchev–Trinajstić information content (AvgIpc) is 3.35. The minimum atomic E-state index is 0.619. The summed E-state index contributed by atoms with van der Waals surface area (Å²) in [6.45, 7) is 2.59. The van der Waals surface area contributed by atoms with Gasteiger partial charge in [-0.1, -0.05) is 42.1 Å². The van der Waals surface area contributed by atoms with Crippen molar-refractivity contribution in [2.45, 2.75) is 17.8 Å². The summed E-state index contributed by atoms with van der Waals surface area (Å²) in [5.41, 5.74) is 3.02. The van der Waals surface area contributed by atoms with Crippen molar-refractivity contribution in [1.29, 1.82) is 0 Å². The number of hydrogen-bond acceptors (Lipinski definition) is 7. The lowest BCUT2D eigenvalue weighted by Crippen LogP contribution is -2.11. The normalized spacial score (nSPS) is 10.9. The van der Waals surface area contributed by atoms with Crippen molar-refractivity contribution < 1.29 is 4.74 Å². The van der Waals surface area contributed by atoms with Crippen molar-refractivity contribution >= 4 is 23.1 Å². The first-order chi connectivity index (χ1) is 13.7. The van der Waals surface area contributed by atoms with Gasteiger partial charge in [0.2, 0.25) is 5.16 Å². The maximum absolute atomic E-state index is 6.21. The van der Waals surface area contributed by atoms with Gasteiger partial charge in [-0.05, 0) is 31.2 Å². The largest absolute Gasteiger partial charge is 0.494 e. The third kappa shape index (κ3) is 4.02. The van der Waals surface area contributed by atoms with E-state index in [4.69, 9.17) is 15.6 Å². The topological polar surface area (TPSA) is 78.9 Å². The molecular weight excluding hydrogens is 390 g/mol. The molecule has 142 valence electrons. The van der Waals surface area contributed by atoms with Crippen molar-refractivity contribution in [2.75, 3.05) is 12.4 Å². The molecule has 0 unspecified atom stereocenters. The highest BCUT2D eigenvalue weighted by Gasteiger charge is 2.13. The Hall–Kier alpha value is -2.84. The molecular formula is C20H19N5OS2. The molecule has 0 amide bonds. The summed E-state index contributed by atoms with van der Waals surface area (Å²) < 4.78 is 6.99. The van der Waals surface area contributed by atoms with E-state index in [1.807, 2.05) is 49.4 Å². The molecule has 0 radical (unpaired) electrons. The van der Waals surface area contributed by atoms with Crippen LogP contribution in [0, 0.1) is 0 Å². The molecule has 4 aromatic rings. The average molecular weight is 410 g/mol. The SMILES string of the molecule is CCOc1ccc(-c2nnc(SCc3csc(-c4ccccc4)n3)n2N)cc1. The van der Waals surface area contributed by atoms with Gasteiger partial charge >= 0.3 is 0 Å². The predicted octanol–water partition coefficient (Wildman–Crippen LogP) is 4.47. The molecule has 4 rings (SSSR count). The number of rotatable bonds is 7. The predicted molar refractivity (Wildman–Crippen MR) is 114 cm³/mol. The van der Waals surface area contributed by atoms with Gasteiger partial charge < -0.3 is 10.6 Å². The van der Waals surface area contributed by atoms with Crippen LogP contribution in [0.3, 0.4) is 0 Å². The van der Waals surface area contributed by atoms with Crippen LogP contribution in [0.4, 0.5) is 0 Å². The Labute approximate surface area is 171 Å². The number of nitrogens with zero attached hydrogens (tertiary/aromatic N) is 4. The number of hydrogen-bond donors (Lipinski definition) is 1. The monoisotopic (exact) mass is 409 g/mol. The van der Waals surface area contributed by atoms with Crippen LogP contribution in [0.5, 0.6) is 5.75 Å².